The minimum atomic E-state index is -0.225. The number of thioether (sulfide) groups is 1. The number of ether oxygens (including phenoxy) is 1. The molecule has 2 N–H and O–H groups in total. The largest absolute Gasteiger partial charge is 0.495 e. The summed E-state index contributed by atoms with van der Waals surface area (Å²) in [7, 11) is 1.52. The molecule has 6 nitrogen and oxygen atoms in total. The number of anilines is 1. The number of halogens is 1. The van der Waals surface area contributed by atoms with Gasteiger partial charge in [0.05, 0.1) is 18.6 Å². The summed E-state index contributed by atoms with van der Waals surface area (Å²) in [6.07, 6.45) is 2.75. The minimum Gasteiger partial charge on any atom is -0.495 e. The van der Waals surface area contributed by atoms with E-state index in [0.29, 0.717) is 21.6 Å². The van der Waals surface area contributed by atoms with Gasteiger partial charge >= 0.3 is 0 Å². The van der Waals surface area contributed by atoms with Gasteiger partial charge in [0.15, 0.2) is 5.16 Å². The van der Waals surface area contributed by atoms with E-state index in [1.165, 1.54) is 24.9 Å². The fourth-order valence-electron chi connectivity index (χ4n) is 2.29. The standard InChI is InChI=1S/C18H22ClN3O3S/c1-4-5-6-12-8-16(23)22-18(20-12)26-10-17(24)21-14-7-11(2)13(19)9-15(14)25-3/h7-9H,4-6,10H2,1-3H3,(H,21,24)(H,20,22,23). The third kappa shape index (κ3) is 5.78. The number of H-pyrrole nitrogens is 1. The molecule has 1 amide bonds. The summed E-state index contributed by atoms with van der Waals surface area (Å²) in [4.78, 5) is 31.0. The quantitative estimate of drug-likeness (QED) is 0.524. The van der Waals surface area contributed by atoms with E-state index >= 15 is 0 Å². The number of aryl methyl sites for hydroxylation is 2. The smallest absolute Gasteiger partial charge is 0.251 e. The number of rotatable bonds is 8. The van der Waals surface area contributed by atoms with Gasteiger partial charge in [-0.05, 0) is 31.4 Å². The second-order valence-corrected chi connectivity index (χ2v) is 7.16. The van der Waals surface area contributed by atoms with Crippen LogP contribution in [0.4, 0.5) is 5.69 Å². The maximum absolute atomic E-state index is 12.3. The number of carbonyl (C=O) groups excluding carboxylic acids is 1. The fourth-order valence-corrected chi connectivity index (χ4v) is 3.14. The van der Waals surface area contributed by atoms with E-state index in [0.717, 1.165) is 30.5 Å². The first-order valence-corrected chi connectivity index (χ1v) is 9.66. The van der Waals surface area contributed by atoms with Crippen molar-refractivity contribution in [3.63, 3.8) is 0 Å². The second-order valence-electron chi connectivity index (χ2n) is 5.78. The first kappa shape index (κ1) is 20.3. The van der Waals surface area contributed by atoms with E-state index in [9.17, 15) is 9.59 Å². The molecule has 1 heterocycles. The van der Waals surface area contributed by atoms with Crippen LogP contribution >= 0.6 is 23.4 Å². The summed E-state index contributed by atoms with van der Waals surface area (Å²) in [6.45, 7) is 3.93. The van der Waals surface area contributed by atoms with Crippen LogP contribution in [-0.2, 0) is 11.2 Å². The Hall–Kier alpha value is -1.99. The highest BCUT2D eigenvalue weighted by molar-refractivity contribution is 7.99. The SMILES string of the molecule is CCCCc1cc(=O)[nH]c(SCC(=O)Nc2cc(C)c(Cl)cc2OC)n1. The number of benzene rings is 1. The number of unbranched alkanes of at least 4 members (excludes halogenated alkanes) is 1. The summed E-state index contributed by atoms with van der Waals surface area (Å²) < 4.78 is 5.25. The molecule has 0 aliphatic rings. The highest BCUT2D eigenvalue weighted by Gasteiger charge is 2.12. The zero-order valence-corrected chi connectivity index (χ0v) is 16.6. The van der Waals surface area contributed by atoms with Crippen LogP contribution < -0.4 is 15.6 Å². The van der Waals surface area contributed by atoms with Gasteiger partial charge in [-0.3, -0.25) is 9.59 Å². The van der Waals surface area contributed by atoms with Crippen LogP contribution in [0.15, 0.2) is 28.2 Å². The third-order valence-corrected chi connectivity index (χ3v) is 4.93. The lowest BCUT2D eigenvalue weighted by Crippen LogP contribution is -2.16. The molecule has 0 spiro atoms. The Labute approximate surface area is 161 Å². The van der Waals surface area contributed by atoms with Gasteiger partial charge in [0.1, 0.15) is 5.75 Å². The topological polar surface area (TPSA) is 84.1 Å². The molecule has 1 aromatic carbocycles. The van der Waals surface area contributed by atoms with Crippen molar-refractivity contribution in [1.29, 1.82) is 0 Å². The van der Waals surface area contributed by atoms with E-state index < -0.39 is 0 Å². The van der Waals surface area contributed by atoms with Crippen molar-refractivity contribution >= 4 is 35.0 Å². The molecular weight excluding hydrogens is 374 g/mol. The summed E-state index contributed by atoms with van der Waals surface area (Å²) in [5.41, 5.74) is 1.93. The van der Waals surface area contributed by atoms with Gasteiger partial charge in [-0.25, -0.2) is 4.98 Å². The lowest BCUT2D eigenvalue weighted by Gasteiger charge is -2.12. The van der Waals surface area contributed by atoms with E-state index in [2.05, 4.69) is 22.2 Å². The molecule has 26 heavy (non-hydrogen) atoms. The van der Waals surface area contributed by atoms with Crippen molar-refractivity contribution in [3.8, 4) is 5.75 Å². The van der Waals surface area contributed by atoms with E-state index in [4.69, 9.17) is 16.3 Å². The molecule has 140 valence electrons. The summed E-state index contributed by atoms with van der Waals surface area (Å²) >= 11 is 7.25. The van der Waals surface area contributed by atoms with Crippen LogP contribution in [0.1, 0.15) is 31.0 Å². The molecule has 0 saturated carbocycles. The number of aromatic nitrogens is 2. The van der Waals surface area contributed by atoms with Crippen LogP contribution in [0, 0.1) is 6.92 Å². The molecule has 2 rings (SSSR count). The Kier molecular flexibility index (Phi) is 7.53. The number of hydrogen-bond donors (Lipinski definition) is 2. The van der Waals surface area contributed by atoms with Gasteiger partial charge in [0, 0.05) is 22.8 Å². The van der Waals surface area contributed by atoms with Crippen LogP contribution in [0.3, 0.4) is 0 Å². The average Bonchev–Trinajstić information content (AvgIpc) is 2.60. The molecule has 0 saturated heterocycles. The summed E-state index contributed by atoms with van der Waals surface area (Å²) in [6, 6.07) is 4.92. The number of amides is 1. The van der Waals surface area contributed by atoms with Crippen LogP contribution in [0.2, 0.25) is 5.02 Å². The van der Waals surface area contributed by atoms with Crippen molar-refractivity contribution in [2.75, 3.05) is 18.2 Å². The van der Waals surface area contributed by atoms with Gasteiger partial charge in [-0.1, -0.05) is 36.7 Å². The predicted molar refractivity (Wildman–Crippen MR) is 106 cm³/mol. The van der Waals surface area contributed by atoms with Crippen LogP contribution in [0.5, 0.6) is 5.75 Å². The number of methoxy groups -OCH3 is 1. The molecule has 0 radical (unpaired) electrons. The predicted octanol–water partition coefficient (Wildman–Crippen LogP) is 3.81. The summed E-state index contributed by atoms with van der Waals surface area (Å²) in [5, 5.41) is 3.81. The van der Waals surface area contributed by atoms with Crippen molar-refractivity contribution in [2.45, 2.75) is 38.3 Å². The molecule has 0 fully saturated rings. The number of aromatic amines is 1. The molecule has 0 atom stereocenters. The third-order valence-electron chi connectivity index (χ3n) is 3.65. The normalized spacial score (nSPS) is 10.6. The van der Waals surface area contributed by atoms with E-state index in [-0.39, 0.29) is 17.2 Å². The molecule has 0 bridgehead atoms. The monoisotopic (exact) mass is 395 g/mol. The van der Waals surface area contributed by atoms with Gasteiger partial charge < -0.3 is 15.0 Å². The second kappa shape index (κ2) is 9.64. The van der Waals surface area contributed by atoms with Crippen molar-refractivity contribution in [1.82, 2.24) is 9.97 Å². The lowest BCUT2D eigenvalue weighted by molar-refractivity contribution is -0.113. The molecular formula is C18H22ClN3O3S. The fraction of sp³-hybridized carbons (Fsp3) is 0.389. The van der Waals surface area contributed by atoms with Gasteiger partial charge in [-0.15, -0.1) is 0 Å². The minimum absolute atomic E-state index is 0.116. The molecule has 1 aromatic heterocycles. The number of hydrogen-bond acceptors (Lipinski definition) is 5. The maximum Gasteiger partial charge on any atom is 0.251 e. The van der Waals surface area contributed by atoms with Crippen molar-refractivity contribution in [3.05, 3.63) is 44.8 Å². The van der Waals surface area contributed by atoms with Crippen LogP contribution in [-0.4, -0.2) is 28.7 Å². The van der Waals surface area contributed by atoms with Crippen molar-refractivity contribution < 1.29 is 9.53 Å². The molecule has 0 aliphatic heterocycles. The number of nitrogens with one attached hydrogen (secondary N) is 2. The lowest BCUT2D eigenvalue weighted by atomic mass is 10.2. The Morgan fingerprint density at radius 1 is 1.38 bits per heavy atom. The van der Waals surface area contributed by atoms with Gasteiger partial charge in [-0.2, -0.15) is 0 Å². The molecule has 2 aromatic rings. The molecule has 0 unspecified atom stereocenters. The molecule has 0 aliphatic carbocycles. The highest BCUT2D eigenvalue weighted by Crippen LogP contribution is 2.31. The first-order valence-electron chi connectivity index (χ1n) is 8.30. The highest BCUT2D eigenvalue weighted by atomic mass is 35.5. The number of carbonyl (C=O) groups is 1. The van der Waals surface area contributed by atoms with E-state index in [1.54, 1.807) is 12.1 Å². The van der Waals surface area contributed by atoms with Gasteiger partial charge in [0.25, 0.3) is 5.56 Å². The van der Waals surface area contributed by atoms with Gasteiger partial charge in [0.2, 0.25) is 5.91 Å². The Balaban J connectivity index is 2.02. The number of nitrogens with zero attached hydrogens (tertiary/aromatic N) is 1. The van der Waals surface area contributed by atoms with Crippen molar-refractivity contribution in [2.24, 2.45) is 0 Å². The van der Waals surface area contributed by atoms with E-state index in [1.807, 2.05) is 6.92 Å². The van der Waals surface area contributed by atoms with Crippen LogP contribution in [0.25, 0.3) is 0 Å². The zero-order valence-electron chi connectivity index (χ0n) is 15.0. The Morgan fingerprint density at radius 3 is 2.85 bits per heavy atom. The zero-order chi connectivity index (χ0) is 19.1. The maximum atomic E-state index is 12.3. The summed E-state index contributed by atoms with van der Waals surface area (Å²) in [5.74, 6) is 0.383. The first-order chi connectivity index (χ1) is 12.4. The Bertz CT molecular complexity index is 839. The Morgan fingerprint density at radius 2 is 2.15 bits per heavy atom. The average molecular weight is 396 g/mol. The molecule has 8 heteroatoms.